The lowest BCUT2D eigenvalue weighted by Crippen LogP contribution is -2.29. The molecule has 0 fully saturated rings. The van der Waals surface area contributed by atoms with E-state index in [9.17, 15) is 19.8 Å². The molecule has 0 aromatic heterocycles. The van der Waals surface area contributed by atoms with Crippen LogP contribution in [0.3, 0.4) is 0 Å². The number of rotatable bonds is 4. The van der Waals surface area contributed by atoms with Crippen LogP contribution in [-0.2, 0) is 9.53 Å². The lowest BCUT2D eigenvalue weighted by molar-refractivity contribution is -0.140. The normalized spacial score (nSPS) is 9.89. The Morgan fingerprint density at radius 3 is 2.28 bits per heavy atom. The van der Waals surface area contributed by atoms with Crippen molar-refractivity contribution in [2.75, 3.05) is 20.7 Å². The van der Waals surface area contributed by atoms with E-state index in [1.807, 2.05) is 0 Å². The van der Waals surface area contributed by atoms with Crippen LogP contribution < -0.4 is 0 Å². The largest absolute Gasteiger partial charge is 0.508 e. The zero-order chi connectivity index (χ0) is 13.7. The number of aromatic hydroxyl groups is 2. The van der Waals surface area contributed by atoms with Crippen molar-refractivity contribution in [3.05, 3.63) is 23.8 Å². The summed E-state index contributed by atoms with van der Waals surface area (Å²) in [5.41, 5.74) is 0.153. The van der Waals surface area contributed by atoms with Gasteiger partial charge in [-0.25, -0.2) is 0 Å². The highest BCUT2D eigenvalue weighted by atomic mass is 16.5. The van der Waals surface area contributed by atoms with Crippen LogP contribution in [0.2, 0.25) is 0 Å². The number of amides is 1. The van der Waals surface area contributed by atoms with Crippen molar-refractivity contribution in [3.8, 4) is 11.5 Å². The van der Waals surface area contributed by atoms with E-state index >= 15 is 0 Å². The molecule has 1 aromatic rings. The fraction of sp³-hybridized carbons (Fsp3) is 0.333. The third kappa shape index (κ3) is 3.65. The molecule has 6 nitrogen and oxygen atoms in total. The Balaban J connectivity index is 2.71. The second kappa shape index (κ2) is 5.90. The van der Waals surface area contributed by atoms with Crippen LogP contribution in [0.1, 0.15) is 16.8 Å². The molecular weight excluding hydrogens is 238 g/mol. The summed E-state index contributed by atoms with van der Waals surface area (Å²) in [5, 5.41) is 18.6. The number of nitrogens with zero attached hydrogens (tertiary/aromatic N) is 1. The molecule has 0 atom stereocenters. The van der Waals surface area contributed by atoms with Gasteiger partial charge in [0.1, 0.15) is 11.5 Å². The van der Waals surface area contributed by atoms with Gasteiger partial charge in [0.05, 0.1) is 13.5 Å². The molecule has 2 N–H and O–H groups in total. The van der Waals surface area contributed by atoms with Crippen molar-refractivity contribution < 1.29 is 24.5 Å². The van der Waals surface area contributed by atoms with Gasteiger partial charge in [0.25, 0.3) is 5.91 Å². The van der Waals surface area contributed by atoms with Gasteiger partial charge < -0.3 is 19.8 Å². The molecule has 0 radical (unpaired) electrons. The number of phenols is 2. The second-order valence-electron chi connectivity index (χ2n) is 3.79. The molecule has 6 heteroatoms. The van der Waals surface area contributed by atoms with Gasteiger partial charge in [-0.1, -0.05) is 0 Å². The highest BCUT2D eigenvalue weighted by molar-refractivity contribution is 5.95. The Labute approximate surface area is 104 Å². The highest BCUT2D eigenvalue weighted by Crippen LogP contribution is 2.21. The van der Waals surface area contributed by atoms with Crippen LogP contribution in [-0.4, -0.2) is 47.7 Å². The molecule has 0 heterocycles. The number of esters is 1. The average Bonchev–Trinajstić information content (AvgIpc) is 2.33. The minimum Gasteiger partial charge on any atom is -0.508 e. The van der Waals surface area contributed by atoms with Crippen LogP contribution in [0.25, 0.3) is 0 Å². The third-order valence-corrected chi connectivity index (χ3v) is 2.38. The molecule has 0 bridgehead atoms. The van der Waals surface area contributed by atoms with E-state index in [0.717, 1.165) is 6.07 Å². The number of hydrogen-bond acceptors (Lipinski definition) is 5. The van der Waals surface area contributed by atoms with Crippen molar-refractivity contribution in [3.63, 3.8) is 0 Å². The molecule has 1 amide bonds. The minimum atomic E-state index is -0.409. The van der Waals surface area contributed by atoms with E-state index in [1.54, 1.807) is 0 Å². The molecule has 1 aromatic carbocycles. The second-order valence-corrected chi connectivity index (χ2v) is 3.79. The molecule has 0 aliphatic heterocycles. The summed E-state index contributed by atoms with van der Waals surface area (Å²) in [6.45, 7) is 0.196. The molecule has 0 aliphatic carbocycles. The predicted molar refractivity (Wildman–Crippen MR) is 63.4 cm³/mol. The summed E-state index contributed by atoms with van der Waals surface area (Å²) in [6, 6.07) is 3.62. The summed E-state index contributed by atoms with van der Waals surface area (Å²) in [6.07, 6.45) is 0.0868. The lowest BCUT2D eigenvalue weighted by Gasteiger charge is -2.16. The van der Waals surface area contributed by atoms with Gasteiger partial charge in [0.2, 0.25) is 0 Å². The van der Waals surface area contributed by atoms with E-state index in [1.165, 1.54) is 31.2 Å². The average molecular weight is 253 g/mol. The Bertz CT molecular complexity index is 438. The molecule has 0 aliphatic rings. The number of ether oxygens (including phenoxy) is 1. The summed E-state index contributed by atoms with van der Waals surface area (Å²) < 4.78 is 4.47. The predicted octanol–water partition coefficient (Wildman–Crippen LogP) is 0.733. The summed E-state index contributed by atoms with van der Waals surface area (Å²) >= 11 is 0. The maximum Gasteiger partial charge on any atom is 0.307 e. The van der Waals surface area contributed by atoms with E-state index < -0.39 is 11.9 Å². The van der Waals surface area contributed by atoms with E-state index in [4.69, 9.17) is 0 Å². The van der Waals surface area contributed by atoms with Crippen LogP contribution in [0, 0.1) is 0 Å². The molecule has 0 saturated heterocycles. The number of carbonyl (C=O) groups excluding carboxylic acids is 2. The quantitative estimate of drug-likeness (QED) is 0.772. The summed E-state index contributed by atoms with van der Waals surface area (Å²) in [5.74, 6) is -1.20. The zero-order valence-corrected chi connectivity index (χ0v) is 10.2. The number of methoxy groups -OCH3 is 1. The topological polar surface area (TPSA) is 87.1 Å². The minimum absolute atomic E-state index is 0.0868. The Kier molecular flexibility index (Phi) is 4.53. The van der Waals surface area contributed by atoms with Crippen molar-refractivity contribution in [1.29, 1.82) is 0 Å². The number of hydrogen-bond donors (Lipinski definition) is 2. The van der Waals surface area contributed by atoms with Gasteiger partial charge in [0, 0.05) is 25.2 Å². The first-order chi connectivity index (χ1) is 8.43. The molecular formula is C12H15NO5. The van der Waals surface area contributed by atoms with Crippen LogP contribution in [0.5, 0.6) is 11.5 Å². The number of benzene rings is 1. The molecule has 1 rings (SSSR count). The van der Waals surface area contributed by atoms with Crippen molar-refractivity contribution in [2.45, 2.75) is 6.42 Å². The summed E-state index contributed by atoms with van der Waals surface area (Å²) in [7, 11) is 2.80. The fourth-order valence-corrected chi connectivity index (χ4v) is 1.40. The Morgan fingerprint density at radius 1 is 1.22 bits per heavy atom. The van der Waals surface area contributed by atoms with Gasteiger partial charge in [-0.3, -0.25) is 9.59 Å². The number of phenolic OH excluding ortho intramolecular Hbond substituents is 2. The molecule has 0 saturated carbocycles. The van der Waals surface area contributed by atoms with Gasteiger partial charge in [-0.2, -0.15) is 0 Å². The van der Waals surface area contributed by atoms with Crippen molar-refractivity contribution >= 4 is 11.9 Å². The zero-order valence-electron chi connectivity index (χ0n) is 10.2. The number of carbonyl (C=O) groups is 2. The Morgan fingerprint density at radius 2 is 1.78 bits per heavy atom. The molecule has 0 unspecified atom stereocenters. The first-order valence-corrected chi connectivity index (χ1v) is 5.29. The smallest absolute Gasteiger partial charge is 0.307 e. The first-order valence-electron chi connectivity index (χ1n) is 5.29. The van der Waals surface area contributed by atoms with E-state index in [-0.39, 0.29) is 30.0 Å². The van der Waals surface area contributed by atoms with Crippen LogP contribution >= 0.6 is 0 Å². The standard InChI is InChI=1S/C12H15NO5/c1-13(4-3-11(16)18-2)12(17)8-5-9(14)7-10(15)6-8/h5-7,14-15H,3-4H2,1-2H3. The van der Waals surface area contributed by atoms with E-state index in [2.05, 4.69) is 4.74 Å². The van der Waals surface area contributed by atoms with Crippen molar-refractivity contribution in [1.82, 2.24) is 4.90 Å². The van der Waals surface area contributed by atoms with Crippen LogP contribution in [0.4, 0.5) is 0 Å². The Hall–Kier alpha value is -2.24. The van der Waals surface area contributed by atoms with Gasteiger partial charge in [-0.15, -0.1) is 0 Å². The lowest BCUT2D eigenvalue weighted by atomic mass is 10.1. The maximum absolute atomic E-state index is 11.9. The van der Waals surface area contributed by atoms with Gasteiger partial charge in [-0.05, 0) is 12.1 Å². The third-order valence-electron chi connectivity index (χ3n) is 2.38. The SMILES string of the molecule is COC(=O)CCN(C)C(=O)c1cc(O)cc(O)c1. The van der Waals surface area contributed by atoms with E-state index in [0.29, 0.717) is 0 Å². The first kappa shape index (κ1) is 13.8. The van der Waals surface area contributed by atoms with Crippen molar-refractivity contribution in [2.24, 2.45) is 0 Å². The molecule has 98 valence electrons. The fourth-order valence-electron chi connectivity index (χ4n) is 1.40. The van der Waals surface area contributed by atoms with Gasteiger partial charge >= 0.3 is 5.97 Å². The highest BCUT2D eigenvalue weighted by Gasteiger charge is 2.14. The van der Waals surface area contributed by atoms with Crippen LogP contribution in [0.15, 0.2) is 18.2 Å². The van der Waals surface area contributed by atoms with Gasteiger partial charge in [0.15, 0.2) is 0 Å². The summed E-state index contributed by atoms with van der Waals surface area (Å²) in [4.78, 5) is 24.2. The molecule has 0 spiro atoms. The maximum atomic E-state index is 11.9. The molecule has 18 heavy (non-hydrogen) atoms. The monoisotopic (exact) mass is 253 g/mol.